The van der Waals surface area contributed by atoms with Gasteiger partial charge in [0.05, 0.1) is 47.4 Å². The highest BCUT2D eigenvalue weighted by atomic mass is 35.5. The van der Waals surface area contributed by atoms with Crippen molar-refractivity contribution in [1.82, 2.24) is 19.7 Å². The van der Waals surface area contributed by atoms with E-state index in [1.807, 2.05) is 12.1 Å². The monoisotopic (exact) mass is 510 g/mol. The molecule has 0 bridgehead atoms. The molecule has 2 aliphatic heterocycles. The predicted molar refractivity (Wildman–Crippen MR) is 124 cm³/mol. The molecule has 1 aromatic carbocycles. The van der Waals surface area contributed by atoms with E-state index >= 15 is 0 Å². The van der Waals surface area contributed by atoms with E-state index in [1.54, 1.807) is 6.20 Å². The average Bonchev–Trinajstić information content (AvgIpc) is 3.09. The summed E-state index contributed by atoms with van der Waals surface area (Å²) in [7, 11) is 0. The average molecular weight is 511 g/mol. The van der Waals surface area contributed by atoms with E-state index in [-0.39, 0.29) is 22.9 Å². The van der Waals surface area contributed by atoms with Gasteiger partial charge in [0.25, 0.3) is 5.92 Å². The van der Waals surface area contributed by atoms with Crippen molar-refractivity contribution in [2.24, 2.45) is 5.41 Å². The molecular weight excluding hydrogens is 489 g/mol. The SMILES string of the molecule is OC1COCC12CCN(c1cc3nc(Nc4cnn(C5CC5(F)F)c4Cl)ncc3cc1Cl)CC2. The molecule has 0 amide bonds. The molecule has 8 nitrogen and oxygen atoms in total. The van der Waals surface area contributed by atoms with Gasteiger partial charge in [0.2, 0.25) is 5.95 Å². The lowest BCUT2D eigenvalue weighted by molar-refractivity contribution is 0.0495. The third kappa shape index (κ3) is 3.67. The molecule has 0 radical (unpaired) electrons. The fraction of sp³-hybridized carbons (Fsp3) is 0.500. The highest BCUT2D eigenvalue weighted by molar-refractivity contribution is 6.34. The number of rotatable bonds is 4. The van der Waals surface area contributed by atoms with Crippen LogP contribution in [0.25, 0.3) is 10.9 Å². The fourth-order valence-electron chi connectivity index (χ4n) is 4.89. The predicted octanol–water partition coefficient (Wildman–Crippen LogP) is 4.43. The Bertz CT molecular complexity index is 1260. The summed E-state index contributed by atoms with van der Waals surface area (Å²) in [6.07, 6.45) is 3.98. The number of benzene rings is 1. The number of aliphatic hydroxyl groups is 1. The molecule has 2 atom stereocenters. The number of hydrogen-bond acceptors (Lipinski definition) is 7. The first-order valence-electron chi connectivity index (χ1n) is 11.1. The lowest BCUT2D eigenvalue weighted by Crippen LogP contribution is -2.46. The first-order chi connectivity index (χ1) is 16.3. The normalized spacial score (nSPS) is 25.3. The molecule has 180 valence electrons. The maximum atomic E-state index is 13.4. The maximum absolute atomic E-state index is 13.4. The molecule has 34 heavy (non-hydrogen) atoms. The molecular formula is C22H22Cl2F2N6O2. The lowest BCUT2D eigenvalue weighted by Gasteiger charge is -2.41. The van der Waals surface area contributed by atoms with Crippen LogP contribution in [-0.4, -0.2) is 63.2 Å². The Balaban J connectivity index is 1.23. The zero-order valence-electron chi connectivity index (χ0n) is 18.0. The number of piperidine rings is 1. The molecule has 2 unspecified atom stereocenters. The van der Waals surface area contributed by atoms with Gasteiger partial charge in [0, 0.05) is 36.5 Å². The van der Waals surface area contributed by atoms with E-state index in [0.29, 0.717) is 29.4 Å². The highest BCUT2D eigenvalue weighted by Gasteiger charge is 2.59. The van der Waals surface area contributed by atoms with Gasteiger partial charge in [-0.25, -0.2) is 23.4 Å². The third-order valence-corrected chi connectivity index (χ3v) is 7.87. The number of anilines is 3. The minimum atomic E-state index is -2.78. The molecule has 4 heterocycles. The zero-order chi connectivity index (χ0) is 23.7. The van der Waals surface area contributed by atoms with Gasteiger partial charge in [-0.15, -0.1) is 0 Å². The molecule has 3 fully saturated rings. The number of aromatic nitrogens is 4. The molecule has 3 aromatic rings. The van der Waals surface area contributed by atoms with Gasteiger partial charge >= 0.3 is 0 Å². The van der Waals surface area contributed by atoms with Gasteiger partial charge in [-0.3, -0.25) is 0 Å². The summed E-state index contributed by atoms with van der Waals surface area (Å²) >= 11 is 12.9. The maximum Gasteiger partial charge on any atom is 0.272 e. The topological polar surface area (TPSA) is 88.3 Å². The van der Waals surface area contributed by atoms with Crippen molar-refractivity contribution in [3.8, 4) is 0 Å². The van der Waals surface area contributed by atoms with Crippen LogP contribution in [0.4, 0.5) is 26.1 Å². The van der Waals surface area contributed by atoms with Crippen LogP contribution in [0.5, 0.6) is 0 Å². The highest BCUT2D eigenvalue weighted by Crippen LogP contribution is 2.53. The number of ether oxygens (including phenoxy) is 1. The van der Waals surface area contributed by atoms with Crippen molar-refractivity contribution in [3.63, 3.8) is 0 Å². The molecule has 1 saturated carbocycles. The van der Waals surface area contributed by atoms with Crippen molar-refractivity contribution in [3.05, 3.63) is 34.7 Å². The number of nitrogens with one attached hydrogen (secondary N) is 1. The molecule has 3 aliphatic rings. The second kappa shape index (κ2) is 7.87. The second-order valence-corrected chi connectivity index (χ2v) is 10.1. The molecule has 12 heteroatoms. The van der Waals surface area contributed by atoms with Crippen molar-refractivity contribution >= 4 is 51.4 Å². The Morgan fingerprint density at radius 2 is 1.94 bits per heavy atom. The van der Waals surface area contributed by atoms with Gasteiger partial charge in [0.15, 0.2) is 5.15 Å². The zero-order valence-corrected chi connectivity index (χ0v) is 19.5. The minimum Gasteiger partial charge on any atom is -0.390 e. The molecule has 6 rings (SSSR count). The van der Waals surface area contributed by atoms with Gasteiger partial charge < -0.3 is 20.1 Å². The van der Waals surface area contributed by atoms with E-state index in [0.717, 1.165) is 41.7 Å². The molecule has 2 aromatic heterocycles. The van der Waals surface area contributed by atoms with Crippen LogP contribution < -0.4 is 10.2 Å². The third-order valence-electron chi connectivity index (χ3n) is 7.19. The standard InChI is InChI=1S/C22H22Cl2F2N6O2/c23-13-5-12-8-27-20(30-15-9-28-32(19(15)24)17-7-22(17,25)26)29-14(12)6-16(13)31-3-1-21(2-4-31)11-34-10-18(21)33/h5-6,8-9,17-18,33H,1-4,7,10-11H2,(H,27,29,30). The fourth-order valence-corrected chi connectivity index (χ4v) is 5.44. The molecule has 1 spiro atoms. The number of halogens is 4. The van der Waals surface area contributed by atoms with Crippen LogP contribution in [0.1, 0.15) is 25.3 Å². The number of alkyl halides is 2. The summed E-state index contributed by atoms with van der Waals surface area (Å²) in [5.41, 5.74) is 1.73. The van der Waals surface area contributed by atoms with Crippen LogP contribution in [0.3, 0.4) is 0 Å². The second-order valence-electron chi connectivity index (χ2n) is 9.34. The van der Waals surface area contributed by atoms with Crippen molar-refractivity contribution < 1.29 is 18.6 Å². The minimum absolute atomic E-state index is 0.0861. The van der Waals surface area contributed by atoms with E-state index in [4.69, 9.17) is 27.9 Å². The lowest BCUT2D eigenvalue weighted by atomic mass is 9.76. The smallest absolute Gasteiger partial charge is 0.272 e. The van der Waals surface area contributed by atoms with Crippen LogP contribution in [0.2, 0.25) is 10.2 Å². The largest absolute Gasteiger partial charge is 0.390 e. The van der Waals surface area contributed by atoms with Crippen molar-refractivity contribution in [2.75, 3.05) is 36.5 Å². The molecule has 2 saturated heterocycles. The van der Waals surface area contributed by atoms with Crippen LogP contribution >= 0.6 is 23.2 Å². The quantitative estimate of drug-likeness (QED) is 0.536. The van der Waals surface area contributed by atoms with Gasteiger partial charge in [0.1, 0.15) is 6.04 Å². The molecule has 2 N–H and O–H groups in total. The molecule has 1 aliphatic carbocycles. The van der Waals surface area contributed by atoms with Crippen molar-refractivity contribution in [2.45, 2.75) is 37.3 Å². The summed E-state index contributed by atoms with van der Waals surface area (Å²) in [5.74, 6) is -2.51. The number of hydrogen-bond donors (Lipinski definition) is 2. The Kier molecular flexibility index (Phi) is 5.14. The van der Waals surface area contributed by atoms with Crippen LogP contribution in [-0.2, 0) is 4.74 Å². The Morgan fingerprint density at radius 1 is 1.18 bits per heavy atom. The van der Waals surface area contributed by atoms with E-state index in [9.17, 15) is 13.9 Å². The summed E-state index contributed by atoms with van der Waals surface area (Å²) < 4.78 is 33.4. The van der Waals surface area contributed by atoms with Crippen LogP contribution in [0.15, 0.2) is 24.5 Å². The van der Waals surface area contributed by atoms with E-state index in [2.05, 4.69) is 25.3 Å². The summed E-state index contributed by atoms with van der Waals surface area (Å²) in [6, 6.07) is 2.73. The Hall–Kier alpha value is -2.27. The number of nitrogens with zero attached hydrogens (tertiary/aromatic N) is 5. The Morgan fingerprint density at radius 3 is 2.62 bits per heavy atom. The first kappa shape index (κ1) is 22.2. The van der Waals surface area contributed by atoms with Gasteiger partial charge in [-0.05, 0) is 25.0 Å². The van der Waals surface area contributed by atoms with Gasteiger partial charge in [-0.2, -0.15) is 5.10 Å². The first-order valence-corrected chi connectivity index (χ1v) is 11.9. The number of aliphatic hydroxyl groups excluding tert-OH is 1. The van der Waals surface area contributed by atoms with E-state index in [1.165, 1.54) is 6.20 Å². The summed E-state index contributed by atoms with van der Waals surface area (Å²) in [5, 5.41) is 18.8. The van der Waals surface area contributed by atoms with Gasteiger partial charge in [-0.1, -0.05) is 23.2 Å². The van der Waals surface area contributed by atoms with E-state index < -0.39 is 18.1 Å². The summed E-state index contributed by atoms with van der Waals surface area (Å²) in [6.45, 7) is 2.49. The van der Waals surface area contributed by atoms with Crippen LogP contribution in [0, 0.1) is 5.41 Å². The van der Waals surface area contributed by atoms with Crippen molar-refractivity contribution in [1.29, 1.82) is 0 Å². The Labute approximate surface area is 203 Å². The number of fused-ring (bicyclic) bond motifs is 1. The summed E-state index contributed by atoms with van der Waals surface area (Å²) in [4.78, 5) is 11.1.